The normalized spacial score (nSPS) is 12.3. The zero-order chi connectivity index (χ0) is 17.6. The van der Waals surface area contributed by atoms with Crippen LogP contribution in [0.1, 0.15) is 17.2 Å². The van der Waals surface area contributed by atoms with Gasteiger partial charge < -0.3 is 20.1 Å². The highest BCUT2D eigenvalue weighted by atomic mass is 16.4. The van der Waals surface area contributed by atoms with Crippen LogP contribution in [0.5, 0.6) is 0 Å². The predicted octanol–water partition coefficient (Wildman–Crippen LogP) is 2.15. The van der Waals surface area contributed by atoms with E-state index in [9.17, 15) is 0 Å². The predicted molar refractivity (Wildman–Crippen MR) is 96.7 cm³/mol. The van der Waals surface area contributed by atoms with Gasteiger partial charge in [0.2, 0.25) is 0 Å². The van der Waals surface area contributed by atoms with Crippen molar-refractivity contribution in [2.75, 3.05) is 0 Å². The first kappa shape index (κ1) is 15.2. The monoisotopic (exact) mass is 334 g/mol. The van der Waals surface area contributed by atoms with E-state index in [1.165, 1.54) is 0 Å². The molecule has 0 fully saturated rings. The molecule has 3 N–H and O–H groups in total. The highest BCUT2D eigenvalue weighted by Crippen LogP contribution is 2.21. The van der Waals surface area contributed by atoms with Crippen molar-refractivity contribution in [3.05, 3.63) is 59.7 Å². The smallest absolute Gasteiger partial charge is 0.170 e. The molecular weight excluding hydrogens is 316 g/mol. The third-order valence-corrected chi connectivity index (χ3v) is 4.57. The zero-order valence-corrected chi connectivity index (χ0v) is 14.0. The summed E-state index contributed by atoms with van der Waals surface area (Å²) in [5.41, 5.74) is 10.2. The van der Waals surface area contributed by atoms with Gasteiger partial charge in [-0.25, -0.2) is 9.97 Å². The number of aromatic nitrogens is 4. The number of benzene rings is 2. The molecule has 0 aliphatic heterocycles. The van der Waals surface area contributed by atoms with Crippen LogP contribution in [0.2, 0.25) is 0 Å². The summed E-state index contributed by atoms with van der Waals surface area (Å²) in [6, 6.07) is 13.6. The minimum absolute atomic E-state index is 0.0736. The Balaban J connectivity index is 1.78. The summed E-state index contributed by atoms with van der Waals surface area (Å²) in [4.78, 5) is 9.43. The molecule has 0 saturated heterocycles. The molecule has 2 aromatic heterocycles. The molecule has 0 atom stereocenters. The molecule has 126 valence electrons. The number of hydrogen-bond acceptors (Lipinski definition) is 4. The van der Waals surface area contributed by atoms with Crippen LogP contribution in [0, 0.1) is 0 Å². The number of hydrogen-bond donors (Lipinski definition) is 2. The second-order valence-corrected chi connectivity index (χ2v) is 6.03. The van der Waals surface area contributed by atoms with Crippen LogP contribution < -0.4 is 5.73 Å². The molecule has 2 aromatic carbocycles. The van der Waals surface area contributed by atoms with E-state index in [0.717, 1.165) is 33.7 Å². The van der Waals surface area contributed by atoms with Crippen molar-refractivity contribution >= 4 is 27.9 Å². The summed E-state index contributed by atoms with van der Waals surface area (Å²) < 4.78 is 4.14. The van der Waals surface area contributed by atoms with Crippen LogP contribution >= 0.6 is 0 Å². The molecule has 0 unspecified atom stereocenters. The number of para-hydroxylation sites is 2. The number of imidazole rings is 2. The fourth-order valence-electron chi connectivity index (χ4n) is 3.12. The lowest BCUT2D eigenvalue weighted by molar-refractivity contribution is 0.318. The number of nitrogens with zero attached hydrogens (tertiary/aromatic N) is 5. The fraction of sp³-hybridized carbons (Fsp3) is 0.167. The van der Waals surface area contributed by atoms with Crippen molar-refractivity contribution in [3.8, 4) is 0 Å². The SMILES string of the molecule is Cn1c(Cc2nc3cc(/C(N)=N/O)ccc3n2C)nc2ccccc21. The maximum atomic E-state index is 8.84. The molecular formula is C18H18N6O. The highest BCUT2D eigenvalue weighted by Gasteiger charge is 2.14. The average Bonchev–Trinajstić information content (AvgIpc) is 3.12. The average molecular weight is 334 g/mol. The first-order chi connectivity index (χ1) is 12.1. The van der Waals surface area contributed by atoms with Gasteiger partial charge in [0.1, 0.15) is 11.6 Å². The van der Waals surface area contributed by atoms with Crippen LogP contribution in [0.4, 0.5) is 0 Å². The van der Waals surface area contributed by atoms with E-state index in [4.69, 9.17) is 20.9 Å². The second kappa shape index (κ2) is 5.62. The van der Waals surface area contributed by atoms with Gasteiger partial charge in [-0.2, -0.15) is 0 Å². The summed E-state index contributed by atoms with van der Waals surface area (Å²) in [5.74, 6) is 1.94. The summed E-state index contributed by atoms with van der Waals surface area (Å²) in [6.07, 6.45) is 0.620. The van der Waals surface area contributed by atoms with E-state index in [-0.39, 0.29) is 5.84 Å². The van der Waals surface area contributed by atoms with Crippen molar-refractivity contribution in [1.82, 2.24) is 19.1 Å². The first-order valence-corrected chi connectivity index (χ1v) is 7.92. The number of rotatable bonds is 3. The van der Waals surface area contributed by atoms with Crippen molar-refractivity contribution < 1.29 is 5.21 Å². The van der Waals surface area contributed by atoms with Crippen molar-refractivity contribution in [3.63, 3.8) is 0 Å². The molecule has 0 radical (unpaired) electrons. The molecule has 0 amide bonds. The minimum atomic E-state index is 0.0736. The third kappa shape index (κ3) is 2.40. The lowest BCUT2D eigenvalue weighted by Gasteiger charge is -2.03. The Bertz CT molecular complexity index is 1120. The van der Waals surface area contributed by atoms with Gasteiger partial charge in [0.05, 0.1) is 28.5 Å². The van der Waals surface area contributed by atoms with Crippen LogP contribution in [0.3, 0.4) is 0 Å². The first-order valence-electron chi connectivity index (χ1n) is 7.92. The van der Waals surface area contributed by atoms with E-state index in [1.54, 1.807) is 0 Å². The number of nitrogens with two attached hydrogens (primary N) is 1. The summed E-state index contributed by atoms with van der Waals surface area (Å²) in [6.45, 7) is 0. The lowest BCUT2D eigenvalue weighted by Crippen LogP contribution is -2.12. The van der Waals surface area contributed by atoms with E-state index in [0.29, 0.717) is 12.0 Å². The Morgan fingerprint density at radius 2 is 1.64 bits per heavy atom. The minimum Gasteiger partial charge on any atom is -0.409 e. The van der Waals surface area contributed by atoms with Gasteiger partial charge in [-0.1, -0.05) is 17.3 Å². The van der Waals surface area contributed by atoms with Gasteiger partial charge >= 0.3 is 0 Å². The standard InChI is InChI=1S/C18H18N6O/c1-23-14-6-4-3-5-12(14)20-16(23)10-17-21-13-9-11(18(19)22-25)7-8-15(13)24(17)2/h3-9,25H,10H2,1-2H3,(H2,19,22). The highest BCUT2D eigenvalue weighted by molar-refractivity contribution is 5.99. The summed E-state index contributed by atoms with van der Waals surface area (Å²) >= 11 is 0. The van der Waals surface area contributed by atoms with Gasteiger partial charge in [0.15, 0.2) is 5.84 Å². The molecule has 7 nitrogen and oxygen atoms in total. The number of amidine groups is 1. The summed E-state index contributed by atoms with van der Waals surface area (Å²) in [5, 5.41) is 11.9. The summed E-state index contributed by atoms with van der Waals surface area (Å²) in [7, 11) is 4.00. The van der Waals surface area contributed by atoms with Crippen molar-refractivity contribution in [2.24, 2.45) is 25.0 Å². The van der Waals surface area contributed by atoms with Gasteiger partial charge in [0.25, 0.3) is 0 Å². The van der Waals surface area contributed by atoms with E-state index in [2.05, 4.69) is 15.8 Å². The molecule has 0 aliphatic rings. The Labute approximate surface area is 144 Å². The molecule has 25 heavy (non-hydrogen) atoms. The van der Waals surface area contributed by atoms with Crippen LogP contribution in [0.15, 0.2) is 47.6 Å². The largest absolute Gasteiger partial charge is 0.409 e. The van der Waals surface area contributed by atoms with Crippen LogP contribution in [-0.4, -0.2) is 30.1 Å². The fourth-order valence-corrected chi connectivity index (χ4v) is 3.12. The third-order valence-electron chi connectivity index (χ3n) is 4.57. The molecule has 2 heterocycles. The van der Waals surface area contributed by atoms with Gasteiger partial charge in [-0.15, -0.1) is 0 Å². The number of oxime groups is 1. The topological polar surface area (TPSA) is 94.3 Å². The Morgan fingerprint density at radius 3 is 2.32 bits per heavy atom. The molecule has 7 heteroatoms. The van der Waals surface area contributed by atoms with E-state index >= 15 is 0 Å². The van der Waals surface area contributed by atoms with E-state index < -0.39 is 0 Å². The molecule has 0 spiro atoms. The maximum Gasteiger partial charge on any atom is 0.170 e. The van der Waals surface area contributed by atoms with Crippen molar-refractivity contribution in [1.29, 1.82) is 0 Å². The zero-order valence-electron chi connectivity index (χ0n) is 14.0. The lowest BCUT2D eigenvalue weighted by atomic mass is 10.2. The molecule has 4 rings (SSSR count). The van der Waals surface area contributed by atoms with E-state index in [1.807, 2.05) is 55.1 Å². The van der Waals surface area contributed by atoms with Gasteiger partial charge in [-0.3, -0.25) is 0 Å². The van der Waals surface area contributed by atoms with Gasteiger partial charge in [0, 0.05) is 19.7 Å². The van der Waals surface area contributed by atoms with Crippen LogP contribution in [-0.2, 0) is 20.5 Å². The molecule has 0 bridgehead atoms. The number of aryl methyl sites for hydroxylation is 2. The molecule has 4 aromatic rings. The molecule has 0 saturated carbocycles. The Kier molecular flexibility index (Phi) is 3.42. The second-order valence-electron chi connectivity index (χ2n) is 6.03. The maximum absolute atomic E-state index is 8.84. The van der Waals surface area contributed by atoms with Crippen molar-refractivity contribution in [2.45, 2.75) is 6.42 Å². The van der Waals surface area contributed by atoms with Crippen LogP contribution in [0.25, 0.3) is 22.1 Å². The molecule has 0 aliphatic carbocycles. The number of fused-ring (bicyclic) bond motifs is 2. The quantitative estimate of drug-likeness (QED) is 0.260. The Morgan fingerprint density at radius 1 is 1.00 bits per heavy atom. The van der Waals surface area contributed by atoms with Gasteiger partial charge in [-0.05, 0) is 30.3 Å². The Hall–Kier alpha value is -3.35.